The van der Waals surface area contributed by atoms with E-state index in [2.05, 4.69) is 70.1 Å². The lowest BCUT2D eigenvalue weighted by Gasteiger charge is -2.49. The van der Waals surface area contributed by atoms with Gasteiger partial charge >= 0.3 is 0 Å². The van der Waals surface area contributed by atoms with Gasteiger partial charge in [-0.15, -0.1) is 0 Å². The van der Waals surface area contributed by atoms with Crippen LogP contribution in [-0.2, 0) is 0 Å². The number of nitrogens with zero attached hydrogens (tertiary/aromatic N) is 3. The molecule has 2 aliphatic rings. The SMILES string of the molecule is CC1CN(C(C)(C)C)CC(C)C1CN1CCN(C(C)(C)C)CC1. The van der Waals surface area contributed by atoms with E-state index in [1.165, 1.54) is 45.8 Å². The molecule has 2 aliphatic heterocycles. The highest BCUT2D eigenvalue weighted by atomic mass is 15.3. The predicted octanol–water partition coefficient (Wildman–Crippen LogP) is 3.41. The minimum atomic E-state index is 0.311. The number of piperidine rings is 1. The first-order valence-corrected chi connectivity index (χ1v) is 9.71. The van der Waals surface area contributed by atoms with Crippen molar-refractivity contribution in [1.82, 2.24) is 14.7 Å². The fourth-order valence-corrected chi connectivity index (χ4v) is 4.41. The Morgan fingerprint density at radius 2 is 1.13 bits per heavy atom. The summed E-state index contributed by atoms with van der Waals surface area (Å²) in [6.45, 7) is 27.8. The summed E-state index contributed by atoms with van der Waals surface area (Å²) in [5.41, 5.74) is 0.635. The molecule has 2 atom stereocenters. The molecular weight excluding hydrogens is 282 g/mol. The van der Waals surface area contributed by atoms with Crippen LogP contribution in [-0.4, -0.2) is 71.6 Å². The molecule has 3 nitrogen and oxygen atoms in total. The van der Waals surface area contributed by atoms with Crippen molar-refractivity contribution < 1.29 is 0 Å². The van der Waals surface area contributed by atoms with E-state index in [0.717, 1.165) is 17.8 Å². The van der Waals surface area contributed by atoms with Crippen LogP contribution in [0.3, 0.4) is 0 Å². The van der Waals surface area contributed by atoms with Crippen molar-refractivity contribution in [3.8, 4) is 0 Å². The van der Waals surface area contributed by atoms with Gasteiger partial charge in [-0.25, -0.2) is 0 Å². The highest BCUT2D eigenvalue weighted by Gasteiger charge is 2.37. The van der Waals surface area contributed by atoms with Gasteiger partial charge in [0, 0.05) is 56.9 Å². The first-order valence-electron chi connectivity index (χ1n) is 9.71. The Balaban J connectivity index is 1.87. The average Bonchev–Trinajstić information content (AvgIpc) is 2.41. The molecule has 0 N–H and O–H groups in total. The summed E-state index contributed by atoms with van der Waals surface area (Å²) in [6, 6.07) is 0. The van der Waals surface area contributed by atoms with Crippen LogP contribution in [0.2, 0.25) is 0 Å². The lowest BCUT2D eigenvalue weighted by Crippen LogP contribution is -2.57. The van der Waals surface area contributed by atoms with Crippen molar-refractivity contribution in [2.75, 3.05) is 45.8 Å². The Bertz CT molecular complexity index is 359. The van der Waals surface area contributed by atoms with E-state index in [1.54, 1.807) is 0 Å². The summed E-state index contributed by atoms with van der Waals surface area (Å²) >= 11 is 0. The molecule has 0 aromatic heterocycles. The van der Waals surface area contributed by atoms with Crippen molar-refractivity contribution in [2.24, 2.45) is 17.8 Å². The van der Waals surface area contributed by atoms with E-state index >= 15 is 0 Å². The molecule has 136 valence electrons. The zero-order valence-electron chi connectivity index (χ0n) is 17.0. The Hall–Kier alpha value is -0.120. The van der Waals surface area contributed by atoms with Gasteiger partial charge in [-0.1, -0.05) is 13.8 Å². The quantitative estimate of drug-likeness (QED) is 0.771. The molecule has 0 aromatic carbocycles. The van der Waals surface area contributed by atoms with Gasteiger partial charge in [-0.05, 0) is 59.3 Å². The summed E-state index contributed by atoms with van der Waals surface area (Å²) in [5, 5.41) is 0. The monoisotopic (exact) mass is 323 g/mol. The van der Waals surface area contributed by atoms with Gasteiger partial charge in [0.05, 0.1) is 0 Å². The van der Waals surface area contributed by atoms with Gasteiger partial charge in [0.2, 0.25) is 0 Å². The molecule has 0 aliphatic carbocycles. The van der Waals surface area contributed by atoms with Crippen LogP contribution in [0.4, 0.5) is 0 Å². The number of rotatable bonds is 2. The molecule has 2 saturated heterocycles. The van der Waals surface area contributed by atoms with Crippen LogP contribution < -0.4 is 0 Å². The Morgan fingerprint density at radius 3 is 1.52 bits per heavy atom. The largest absolute Gasteiger partial charge is 0.300 e. The van der Waals surface area contributed by atoms with E-state index < -0.39 is 0 Å². The molecular formula is C20H41N3. The molecule has 2 rings (SSSR count). The van der Waals surface area contributed by atoms with Gasteiger partial charge in [-0.3, -0.25) is 9.80 Å². The van der Waals surface area contributed by atoms with E-state index in [4.69, 9.17) is 0 Å². The average molecular weight is 324 g/mol. The lowest BCUT2D eigenvalue weighted by atomic mass is 9.77. The molecule has 2 fully saturated rings. The van der Waals surface area contributed by atoms with Gasteiger partial charge in [0.25, 0.3) is 0 Å². The van der Waals surface area contributed by atoms with Crippen LogP contribution in [0, 0.1) is 17.8 Å². The van der Waals surface area contributed by atoms with Crippen molar-refractivity contribution >= 4 is 0 Å². The van der Waals surface area contributed by atoms with E-state index in [1.807, 2.05) is 0 Å². The smallest absolute Gasteiger partial charge is 0.0126 e. The van der Waals surface area contributed by atoms with Gasteiger partial charge in [0.1, 0.15) is 0 Å². The van der Waals surface area contributed by atoms with Gasteiger partial charge in [0.15, 0.2) is 0 Å². The normalized spacial score (nSPS) is 33.1. The summed E-state index contributed by atoms with van der Waals surface area (Å²) in [5.74, 6) is 2.46. The van der Waals surface area contributed by atoms with E-state index in [9.17, 15) is 0 Å². The zero-order valence-corrected chi connectivity index (χ0v) is 17.0. The van der Waals surface area contributed by atoms with E-state index in [-0.39, 0.29) is 0 Å². The minimum absolute atomic E-state index is 0.311. The Morgan fingerprint density at radius 1 is 0.696 bits per heavy atom. The molecule has 0 spiro atoms. The second kappa shape index (κ2) is 7.01. The molecule has 0 bridgehead atoms. The number of piperazine rings is 1. The second-order valence-electron chi connectivity index (χ2n) is 10.2. The van der Waals surface area contributed by atoms with Crippen LogP contribution >= 0.6 is 0 Å². The molecule has 0 amide bonds. The highest BCUT2D eigenvalue weighted by Crippen LogP contribution is 2.33. The summed E-state index contributed by atoms with van der Waals surface area (Å²) in [7, 11) is 0. The standard InChI is InChI=1S/C20H41N3/c1-16-13-23(20(6,7)8)14-17(2)18(16)15-21-9-11-22(12-10-21)19(3,4)5/h16-18H,9-15H2,1-8H3. The maximum Gasteiger partial charge on any atom is 0.0126 e. The molecule has 0 radical (unpaired) electrons. The van der Waals surface area contributed by atoms with Crippen molar-refractivity contribution in [3.05, 3.63) is 0 Å². The van der Waals surface area contributed by atoms with Crippen LogP contribution in [0.1, 0.15) is 55.4 Å². The zero-order chi connectivity index (χ0) is 17.4. The van der Waals surface area contributed by atoms with E-state index in [0.29, 0.717) is 11.1 Å². The fraction of sp³-hybridized carbons (Fsp3) is 1.00. The summed E-state index contributed by atoms with van der Waals surface area (Å²) in [4.78, 5) is 8.06. The first-order chi connectivity index (χ1) is 10.5. The third kappa shape index (κ3) is 4.93. The third-order valence-corrected chi connectivity index (χ3v) is 6.22. The highest BCUT2D eigenvalue weighted by molar-refractivity contribution is 4.91. The predicted molar refractivity (Wildman–Crippen MR) is 101 cm³/mol. The summed E-state index contributed by atoms with van der Waals surface area (Å²) in [6.07, 6.45) is 0. The number of likely N-dealkylation sites (tertiary alicyclic amines) is 1. The minimum Gasteiger partial charge on any atom is -0.300 e. The lowest BCUT2D eigenvalue weighted by molar-refractivity contribution is -0.00861. The van der Waals surface area contributed by atoms with Crippen molar-refractivity contribution in [2.45, 2.75) is 66.5 Å². The van der Waals surface area contributed by atoms with Crippen LogP contribution in [0.25, 0.3) is 0 Å². The van der Waals surface area contributed by atoms with Gasteiger partial charge in [-0.2, -0.15) is 0 Å². The molecule has 2 unspecified atom stereocenters. The maximum atomic E-state index is 2.73. The first kappa shape index (κ1) is 19.2. The molecule has 0 aromatic rings. The fourth-order valence-electron chi connectivity index (χ4n) is 4.41. The molecule has 23 heavy (non-hydrogen) atoms. The third-order valence-electron chi connectivity index (χ3n) is 6.22. The molecule has 3 heteroatoms. The molecule has 0 saturated carbocycles. The van der Waals surface area contributed by atoms with Crippen LogP contribution in [0.5, 0.6) is 0 Å². The Labute approximate surface area is 145 Å². The number of hydrogen-bond donors (Lipinski definition) is 0. The number of hydrogen-bond acceptors (Lipinski definition) is 3. The Kier molecular flexibility index (Phi) is 5.86. The second-order valence-corrected chi connectivity index (χ2v) is 10.2. The maximum absolute atomic E-state index is 2.73. The topological polar surface area (TPSA) is 9.72 Å². The van der Waals surface area contributed by atoms with Crippen LogP contribution in [0.15, 0.2) is 0 Å². The van der Waals surface area contributed by atoms with Crippen molar-refractivity contribution in [1.29, 1.82) is 0 Å². The summed E-state index contributed by atoms with van der Waals surface area (Å²) < 4.78 is 0. The molecule has 2 heterocycles. The van der Waals surface area contributed by atoms with Gasteiger partial charge < -0.3 is 4.90 Å². The van der Waals surface area contributed by atoms with Crippen molar-refractivity contribution in [3.63, 3.8) is 0 Å².